The molecule has 3 aromatic carbocycles. The molecule has 0 heterocycles. The lowest BCUT2D eigenvalue weighted by atomic mass is 9.94. The first-order valence-corrected chi connectivity index (χ1v) is 6.70. The van der Waals surface area contributed by atoms with Crippen LogP contribution in [0.5, 0.6) is 0 Å². The van der Waals surface area contributed by atoms with E-state index in [2.05, 4.69) is 72.8 Å². The average molecular weight is 242 g/mol. The molecule has 90 valence electrons. The lowest BCUT2D eigenvalue weighted by Crippen LogP contribution is -1.85. The summed E-state index contributed by atoms with van der Waals surface area (Å²) in [5.41, 5.74) is 2.79. The van der Waals surface area contributed by atoms with E-state index in [0.717, 1.165) is 6.42 Å². The fraction of sp³-hybridized carbons (Fsp3) is 0.0526. The van der Waals surface area contributed by atoms with Crippen LogP contribution in [0.1, 0.15) is 12.0 Å². The fourth-order valence-corrected chi connectivity index (χ4v) is 2.97. The number of hydrogen-bond donors (Lipinski definition) is 0. The molecule has 0 saturated heterocycles. The Bertz CT molecular complexity index is 835. The number of allylic oxidation sites excluding steroid dienone is 4. The molecule has 0 unspecified atom stereocenters. The number of benzene rings is 3. The van der Waals surface area contributed by atoms with E-state index in [4.69, 9.17) is 0 Å². The van der Waals surface area contributed by atoms with Crippen molar-refractivity contribution in [3.8, 4) is 0 Å². The summed E-state index contributed by atoms with van der Waals surface area (Å²) in [5.74, 6) is 0. The Morgan fingerprint density at radius 3 is 2.47 bits per heavy atom. The summed E-state index contributed by atoms with van der Waals surface area (Å²) in [7, 11) is 0. The zero-order chi connectivity index (χ0) is 12.7. The zero-order valence-electron chi connectivity index (χ0n) is 10.6. The van der Waals surface area contributed by atoms with Crippen LogP contribution in [0.2, 0.25) is 0 Å². The summed E-state index contributed by atoms with van der Waals surface area (Å²) in [6.45, 7) is 0. The monoisotopic (exact) mass is 242 g/mol. The topological polar surface area (TPSA) is 0 Å². The first-order valence-electron chi connectivity index (χ1n) is 6.70. The van der Waals surface area contributed by atoms with Gasteiger partial charge in [-0.3, -0.25) is 0 Å². The predicted octanol–water partition coefficient (Wildman–Crippen LogP) is 5.34. The van der Waals surface area contributed by atoms with E-state index in [1.807, 2.05) is 0 Å². The zero-order valence-corrected chi connectivity index (χ0v) is 10.6. The van der Waals surface area contributed by atoms with E-state index in [-0.39, 0.29) is 0 Å². The summed E-state index contributed by atoms with van der Waals surface area (Å²) in [6.07, 6.45) is 7.64. The first kappa shape index (κ1) is 10.6. The predicted molar refractivity (Wildman–Crippen MR) is 83.2 cm³/mol. The Morgan fingerprint density at radius 1 is 0.684 bits per heavy atom. The van der Waals surface area contributed by atoms with E-state index >= 15 is 0 Å². The van der Waals surface area contributed by atoms with Crippen LogP contribution < -0.4 is 0 Å². The van der Waals surface area contributed by atoms with Gasteiger partial charge in [-0.05, 0) is 39.1 Å². The Hall–Kier alpha value is -2.34. The number of hydrogen-bond acceptors (Lipinski definition) is 0. The molecular weight excluding hydrogens is 228 g/mol. The van der Waals surface area contributed by atoms with Crippen LogP contribution in [0.25, 0.3) is 27.1 Å². The van der Waals surface area contributed by atoms with Gasteiger partial charge < -0.3 is 0 Å². The van der Waals surface area contributed by atoms with Crippen LogP contribution in [-0.4, -0.2) is 0 Å². The maximum atomic E-state index is 2.26. The summed E-state index contributed by atoms with van der Waals surface area (Å²) in [5, 5.41) is 5.36. The Balaban J connectivity index is 2.09. The molecule has 4 rings (SSSR count). The maximum Gasteiger partial charge on any atom is -0.00882 e. The summed E-state index contributed by atoms with van der Waals surface area (Å²) < 4.78 is 0. The molecule has 19 heavy (non-hydrogen) atoms. The van der Waals surface area contributed by atoms with Crippen molar-refractivity contribution >= 4 is 27.1 Å². The highest BCUT2D eigenvalue weighted by Gasteiger charge is 2.08. The van der Waals surface area contributed by atoms with Crippen LogP contribution in [-0.2, 0) is 0 Å². The molecule has 0 fully saturated rings. The van der Waals surface area contributed by atoms with Crippen molar-refractivity contribution in [3.63, 3.8) is 0 Å². The molecule has 0 bridgehead atoms. The highest BCUT2D eigenvalue weighted by molar-refractivity contribution is 6.10. The SMILES string of the molecule is C1=CCC(c2cccc3c2ccc2ccccc23)=C1. The van der Waals surface area contributed by atoms with Crippen molar-refractivity contribution in [2.24, 2.45) is 0 Å². The van der Waals surface area contributed by atoms with Gasteiger partial charge in [0.1, 0.15) is 0 Å². The van der Waals surface area contributed by atoms with Gasteiger partial charge in [0, 0.05) is 0 Å². The van der Waals surface area contributed by atoms with Gasteiger partial charge in [-0.2, -0.15) is 0 Å². The van der Waals surface area contributed by atoms with Gasteiger partial charge in [0.2, 0.25) is 0 Å². The number of rotatable bonds is 1. The molecule has 1 aliphatic rings. The number of fused-ring (bicyclic) bond motifs is 3. The maximum absolute atomic E-state index is 2.26. The van der Waals surface area contributed by atoms with Gasteiger partial charge in [-0.15, -0.1) is 0 Å². The molecule has 0 radical (unpaired) electrons. The van der Waals surface area contributed by atoms with Crippen LogP contribution in [0.4, 0.5) is 0 Å². The van der Waals surface area contributed by atoms with Gasteiger partial charge >= 0.3 is 0 Å². The van der Waals surface area contributed by atoms with E-state index in [9.17, 15) is 0 Å². The van der Waals surface area contributed by atoms with Crippen molar-refractivity contribution in [2.75, 3.05) is 0 Å². The summed E-state index contributed by atoms with van der Waals surface area (Å²) >= 11 is 0. The van der Waals surface area contributed by atoms with Gasteiger partial charge in [0.15, 0.2) is 0 Å². The fourth-order valence-electron chi connectivity index (χ4n) is 2.97. The van der Waals surface area contributed by atoms with Gasteiger partial charge in [0.25, 0.3) is 0 Å². The molecule has 0 N–H and O–H groups in total. The highest BCUT2D eigenvalue weighted by atomic mass is 14.1. The van der Waals surface area contributed by atoms with Crippen molar-refractivity contribution in [1.29, 1.82) is 0 Å². The molecule has 3 aromatic rings. The Morgan fingerprint density at radius 2 is 1.58 bits per heavy atom. The minimum Gasteiger partial charge on any atom is -0.0801 e. The molecule has 0 aliphatic heterocycles. The highest BCUT2D eigenvalue weighted by Crippen LogP contribution is 2.33. The summed E-state index contributed by atoms with van der Waals surface area (Å²) in [4.78, 5) is 0. The third-order valence-corrected chi connectivity index (χ3v) is 3.90. The second-order valence-electron chi connectivity index (χ2n) is 5.01. The van der Waals surface area contributed by atoms with Crippen LogP contribution in [0, 0.1) is 0 Å². The van der Waals surface area contributed by atoms with Gasteiger partial charge in [-0.1, -0.05) is 72.8 Å². The quantitative estimate of drug-likeness (QED) is 0.505. The van der Waals surface area contributed by atoms with Crippen LogP contribution in [0.15, 0.2) is 72.8 Å². The lowest BCUT2D eigenvalue weighted by molar-refractivity contribution is 1.45. The van der Waals surface area contributed by atoms with Crippen molar-refractivity contribution < 1.29 is 0 Å². The third-order valence-electron chi connectivity index (χ3n) is 3.90. The van der Waals surface area contributed by atoms with E-state index < -0.39 is 0 Å². The van der Waals surface area contributed by atoms with Crippen molar-refractivity contribution in [3.05, 3.63) is 78.4 Å². The molecule has 1 aliphatic carbocycles. The van der Waals surface area contributed by atoms with Gasteiger partial charge in [-0.25, -0.2) is 0 Å². The largest absolute Gasteiger partial charge is 0.0801 e. The third kappa shape index (κ3) is 1.61. The standard InChI is InChI=1S/C19H14/c1-2-7-14(6-1)17-10-5-11-18-16-9-4-3-8-15(16)12-13-19(17)18/h1-6,8-13H,7H2. The van der Waals surface area contributed by atoms with Crippen molar-refractivity contribution in [2.45, 2.75) is 6.42 Å². The molecular formula is C19H14. The van der Waals surface area contributed by atoms with Crippen LogP contribution >= 0.6 is 0 Å². The molecule has 0 spiro atoms. The van der Waals surface area contributed by atoms with E-state index in [0.29, 0.717) is 0 Å². The summed E-state index contributed by atoms with van der Waals surface area (Å²) in [6, 6.07) is 19.7. The smallest absolute Gasteiger partial charge is 0.00882 e. The second-order valence-corrected chi connectivity index (χ2v) is 5.01. The van der Waals surface area contributed by atoms with E-state index in [1.54, 1.807) is 0 Å². The molecule has 0 atom stereocenters. The Labute approximate surface area is 112 Å². The minimum atomic E-state index is 1.05. The molecule has 0 heteroatoms. The minimum absolute atomic E-state index is 1.05. The Kier molecular flexibility index (Phi) is 2.28. The van der Waals surface area contributed by atoms with Crippen molar-refractivity contribution in [1.82, 2.24) is 0 Å². The second kappa shape index (κ2) is 4.10. The lowest BCUT2D eigenvalue weighted by Gasteiger charge is -2.10. The van der Waals surface area contributed by atoms with E-state index in [1.165, 1.54) is 32.7 Å². The van der Waals surface area contributed by atoms with Crippen LogP contribution in [0.3, 0.4) is 0 Å². The average Bonchev–Trinajstić information content (AvgIpc) is 3.00. The van der Waals surface area contributed by atoms with Gasteiger partial charge in [0.05, 0.1) is 0 Å². The first-order chi connectivity index (χ1) is 9.43. The normalized spacial score (nSPS) is 14.2. The molecule has 0 nitrogen and oxygen atoms in total. The molecule has 0 saturated carbocycles. The molecule has 0 amide bonds. The molecule has 0 aromatic heterocycles.